The summed E-state index contributed by atoms with van der Waals surface area (Å²) in [5.74, 6) is -1.00. The lowest BCUT2D eigenvalue weighted by Gasteiger charge is -2.22. The normalized spacial score (nSPS) is 12.6. The number of furan rings is 1. The summed E-state index contributed by atoms with van der Waals surface area (Å²) in [4.78, 5) is 12.1. The van der Waals surface area contributed by atoms with Crippen LogP contribution in [-0.4, -0.2) is 26.8 Å². The largest absolute Gasteiger partial charge is 0.494 e. The zero-order valence-corrected chi connectivity index (χ0v) is 16.1. The second kappa shape index (κ2) is 9.78. The van der Waals surface area contributed by atoms with Crippen LogP contribution in [0.2, 0.25) is 5.02 Å². The van der Waals surface area contributed by atoms with Gasteiger partial charge in [-0.3, -0.25) is 9.36 Å². The third kappa shape index (κ3) is 5.61. The van der Waals surface area contributed by atoms with Gasteiger partial charge in [0, 0.05) is 25.7 Å². The van der Waals surface area contributed by atoms with Crippen LogP contribution in [0, 0.1) is 0 Å². The van der Waals surface area contributed by atoms with Crippen molar-refractivity contribution in [1.82, 2.24) is 0 Å². The minimum Gasteiger partial charge on any atom is -0.494 e. The van der Waals surface area contributed by atoms with Gasteiger partial charge < -0.3 is 22.9 Å². The maximum absolute atomic E-state index is 12.6. The van der Waals surface area contributed by atoms with Crippen LogP contribution in [0.4, 0.5) is 0 Å². The van der Waals surface area contributed by atoms with E-state index in [1.165, 1.54) is 26.5 Å². The van der Waals surface area contributed by atoms with Gasteiger partial charge in [0.2, 0.25) is 0 Å². The summed E-state index contributed by atoms with van der Waals surface area (Å²) < 4.78 is 38.5. The van der Waals surface area contributed by atoms with E-state index >= 15 is 0 Å². The molecule has 2 aromatic rings. The van der Waals surface area contributed by atoms with Gasteiger partial charge in [0.25, 0.3) is 5.85 Å². The van der Waals surface area contributed by atoms with Gasteiger partial charge in [-0.15, -0.1) is 0 Å². The molecule has 0 fully saturated rings. The van der Waals surface area contributed by atoms with Crippen molar-refractivity contribution in [3.63, 3.8) is 0 Å². The van der Waals surface area contributed by atoms with Crippen LogP contribution in [0.15, 0.2) is 47.1 Å². The van der Waals surface area contributed by atoms with Gasteiger partial charge in [-0.05, 0) is 42.8 Å². The van der Waals surface area contributed by atoms with Crippen molar-refractivity contribution in [2.75, 3.05) is 20.8 Å². The monoisotopic (exact) mass is 402 g/mol. The van der Waals surface area contributed by atoms with E-state index < -0.39 is 19.4 Å². The van der Waals surface area contributed by atoms with E-state index in [4.69, 9.17) is 34.5 Å². The molecule has 1 aromatic carbocycles. The first-order valence-electron chi connectivity index (χ1n) is 7.81. The number of carbonyl (C=O) groups excluding carboxylic acids is 1. The number of halogens is 1. The second-order valence-electron chi connectivity index (χ2n) is 5.17. The molecule has 26 heavy (non-hydrogen) atoms. The standard InChI is InChI=1S/C17H20ClO7P/c1-21-26(20,22-2)17(15-5-3-12-24-15)25-16(19)6-4-11-23-14-9-7-13(18)8-10-14/h3,5,7-10,12,17H,4,6,11H2,1-2H3. The van der Waals surface area contributed by atoms with E-state index in [9.17, 15) is 9.36 Å². The fourth-order valence-corrected chi connectivity index (χ4v) is 3.46. The molecule has 0 aliphatic heterocycles. The topological polar surface area (TPSA) is 84.2 Å². The third-order valence-corrected chi connectivity index (χ3v) is 5.64. The second-order valence-corrected chi connectivity index (χ2v) is 7.88. The molecule has 1 unspecified atom stereocenters. The van der Waals surface area contributed by atoms with E-state index in [0.717, 1.165) is 0 Å². The zero-order valence-electron chi connectivity index (χ0n) is 14.4. The molecule has 0 aliphatic rings. The lowest BCUT2D eigenvalue weighted by Crippen LogP contribution is -2.14. The van der Waals surface area contributed by atoms with Crippen LogP contribution >= 0.6 is 19.2 Å². The van der Waals surface area contributed by atoms with E-state index in [1.807, 2.05) is 0 Å². The molecule has 1 aromatic heterocycles. The fraction of sp³-hybridized carbons (Fsp3) is 0.353. The number of hydrogen-bond donors (Lipinski definition) is 0. The van der Waals surface area contributed by atoms with Crippen molar-refractivity contribution in [3.05, 3.63) is 53.4 Å². The molecular weight excluding hydrogens is 383 g/mol. The molecule has 0 aliphatic carbocycles. The van der Waals surface area contributed by atoms with Crippen molar-refractivity contribution < 1.29 is 32.3 Å². The molecule has 0 N–H and O–H groups in total. The van der Waals surface area contributed by atoms with Crippen molar-refractivity contribution in [2.24, 2.45) is 0 Å². The zero-order chi connectivity index (χ0) is 19.0. The molecule has 0 bridgehead atoms. The first-order valence-corrected chi connectivity index (χ1v) is 9.80. The molecule has 142 valence electrons. The fourth-order valence-electron chi connectivity index (χ4n) is 2.10. The van der Waals surface area contributed by atoms with Gasteiger partial charge in [-0.2, -0.15) is 0 Å². The van der Waals surface area contributed by atoms with Crippen LogP contribution in [-0.2, 0) is 23.1 Å². The summed E-state index contributed by atoms with van der Waals surface area (Å²) in [6.45, 7) is 0.314. The van der Waals surface area contributed by atoms with Crippen LogP contribution in [0.5, 0.6) is 5.75 Å². The number of rotatable bonds is 10. The minimum absolute atomic E-state index is 0.0677. The summed E-state index contributed by atoms with van der Waals surface area (Å²) >= 11 is 5.80. The highest BCUT2D eigenvalue weighted by Crippen LogP contribution is 2.60. The summed E-state index contributed by atoms with van der Waals surface area (Å²) in [6, 6.07) is 10.0. The lowest BCUT2D eigenvalue weighted by molar-refractivity contribution is -0.147. The molecule has 0 saturated heterocycles. The summed E-state index contributed by atoms with van der Waals surface area (Å²) in [5, 5.41) is 0.616. The molecule has 0 radical (unpaired) electrons. The Labute approximate surface area is 156 Å². The number of ether oxygens (including phenoxy) is 2. The van der Waals surface area contributed by atoms with Crippen molar-refractivity contribution in [3.8, 4) is 5.75 Å². The van der Waals surface area contributed by atoms with Crippen LogP contribution in [0.3, 0.4) is 0 Å². The Kier molecular flexibility index (Phi) is 7.72. The van der Waals surface area contributed by atoms with Gasteiger partial charge in [0.05, 0.1) is 12.9 Å². The molecule has 1 atom stereocenters. The Morgan fingerprint density at radius 1 is 1.19 bits per heavy atom. The van der Waals surface area contributed by atoms with Gasteiger partial charge in [0.1, 0.15) is 5.75 Å². The quantitative estimate of drug-likeness (QED) is 0.320. The molecule has 1 heterocycles. The van der Waals surface area contributed by atoms with Crippen molar-refractivity contribution >= 4 is 25.2 Å². The van der Waals surface area contributed by atoms with E-state index in [-0.39, 0.29) is 12.2 Å². The summed E-state index contributed by atoms with van der Waals surface area (Å²) in [7, 11) is -1.27. The Balaban J connectivity index is 1.87. The van der Waals surface area contributed by atoms with Gasteiger partial charge >= 0.3 is 13.6 Å². The highest BCUT2D eigenvalue weighted by Gasteiger charge is 2.40. The predicted octanol–water partition coefficient (Wildman–Crippen LogP) is 4.82. The summed E-state index contributed by atoms with van der Waals surface area (Å²) in [6.07, 6.45) is 1.86. The molecule has 0 spiro atoms. The Morgan fingerprint density at radius 3 is 2.46 bits per heavy atom. The molecule has 0 saturated carbocycles. The average molecular weight is 403 g/mol. The first-order chi connectivity index (χ1) is 12.5. The van der Waals surface area contributed by atoms with E-state index in [1.54, 1.807) is 30.3 Å². The van der Waals surface area contributed by atoms with E-state index in [0.29, 0.717) is 23.8 Å². The number of benzene rings is 1. The Bertz CT molecular complexity index is 722. The van der Waals surface area contributed by atoms with Crippen LogP contribution in [0.25, 0.3) is 0 Å². The highest BCUT2D eigenvalue weighted by molar-refractivity contribution is 7.54. The maximum atomic E-state index is 12.6. The Morgan fingerprint density at radius 2 is 1.88 bits per heavy atom. The molecular formula is C17H20ClO7P. The van der Waals surface area contributed by atoms with Gasteiger partial charge in [-0.25, -0.2) is 0 Å². The average Bonchev–Trinajstić information content (AvgIpc) is 3.18. The Hall–Kier alpha value is -1.79. The van der Waals surface area contributed by atoms with E-state index in [2.05, 4.69) is 0 Å². The first kappa shape index (κ1) is 20.5. The maximum Gasteiger partial charge on any atom is 0.378 e. The molecule has 9 heteroatoms. The smallest absolute Gasteiger partial charge is 0.378 e. The lowest BCUT2D eigenvalue weighted by atomic mass is 10.3. The molecule has 7 nitrogen and oxygen atoms in total. The predicted molar refractivity (Wildman–Crippen MR) is 95.3 cm³/mol. The summed E-state index contributed by atoms with van der Waals surface area (Å²) in [5.41, 5.74) is 0. The SMILES string of the molecule is COP(=O)(OC)C(OC(=O)CCCOc1ccc(Cl)cc1)c1ccco1. The van der Waals surface area contributed by atoms with Crippen molar-refractivity contribution in [2.45, 2.75) is 18.7 Å². The molecule has 2 rings (SSSR count). The highest BCUT2D eigenvalue weighted by atomic mass is 35.5. The molecule has 0 amide bonds. The van der Waals surface area contributed by atoms with Crippen molar-refractivity contribution in [1.29, 1.82) is 0 Å². The third-order valence-electron chi connectivity index (χ3n) is 3.43. The number of esters is 1. The van der Waals surface area contributed by atoms with Crippen LogP contribution in [0.1, 0.15) is 24.4 Å². The van der Waals surface area contributed by atoms with Gasteiger partial charge in [-0.1, -0.05) is 11.6 Å². The number of hydrogen-bond acceptors (Lipinski definition) is 7. The van der Waals surface area contributed by atoms with Gasteiger partial charge in [0.15, 0.2) is 5.76 Å². The number of carbonyl (C=O) groups is 1. The minimum atomic E-state index is -3.71. The van der Waals surface area contributed by atoms with Crippen LogP contribution < -0.4 is 4.74 Å².